The second-order valence-corrected chi connectivity index (χ2v) is 8.43. The Balaban J connectivity index is 1.48. The number of hydrogen-bond donors (Lipinski definition) is 1. The van der Waals surface area contributed by atoms with Crippen molar-refractivity contribution < 1.29 is 9.53 Å². The summed E-state index contributed by atoms with van der Waals surface area (Å²) in [4.78, 5) is 15.2. The van der Waals surface area contributed by atoms with Crippen LogP contribution in [0, 0.1) is 6.92 Å². The molecule has 0 aliphatic carbocycles. The first-order valence-electron chi connectivity index (χ1n) is 11.5. The monoisotopic (exact) mass is 450 g/mol. The van der Waals surface area contributed by atoms with Gasteiger partial charge in [-0.15, -0.1) is 0 Å². The average molecular weight is 451 g/mol. The van der Waals surface area contributed by atoms with E-state index >= 15 is 0 Å². The van der Waals surface area contributed by atoms with Gasteiger partial charge in [0.25, 0.3) is 0 Å². The summed E-state index contributed by atoms with van der Waals surface area (Å²) in [7, 11) is 0. The van der Waals surface area contributed by atoms with Gasteiger partial charge in [-0.1, -0.05) is 84.9 Å². The van der Waals surface area contributed by atoms with Gasteiger partial charge in [0, 0.05) is 12.2 Å². The van der Waals surface area contributed by atoms with E-state index in [0.29, 0.717) is 13.2 Å². The summed E-state index contributed by atoms with van der Waals surface area (Å²) in [6, 6.07) is 35.8. The smallest absolute Gasteiger partial charge is 0.322 e. The van der Waals surface area contributed by atoms with Crippen molar-refractivity contribution in [2.24, 2.45) is 0 Å². The molecule has 0 fully saturated rings. The van der Waals surface area contributed by atoms with Crippen LogP contribution < -0.4 is 10.1 Å². The Morgan fingerprint density at radius 3 is 2.18 bits per heavy atom. The van der Waals surface area contributed by atoms with Crippen LogP contribution in [-0.2, 0) is 13.2 Å². The van der Waals surface area contributed by atoms with Crippen molar-refractivity contribution in [2.45, 2.75) is 33.0 Å². The van der Waals surface area contributed by atoms with Crippen molar-refractivity contribution >= 4 is 11.7 Å². The fourth-order valence-electron chi connectivity index (χ4n) is 3.84. The van der Waals surface area contributed by atoms with Gasteiger partial charge in [-0.2, -0.15) is 0 Å². The van der Waals surface area contributed by atoms with E-state index in [1.807, 2.05) is 109 Å². The van der Waals surface area contributed by atoms with Crippen LogP contribution in [0.4, 0.5) is 10.5 Å². The molecule has 0 heterocycles. The fourth-order valence-corrected chi connectivity index (χ4v) is 3.84. The van der Waals surface area contributed by atoms with Crippen molar-refractivity contribution in [1.82, 2.24) is 4.90 Å². The van der Waals surface area contributed by atoms with Gasteiger partial charge in [0.2, 0.25) is 0 Å². The number of rotatable bonds is 8. The summed E-state index contributed by atoms with van der Waals surface area (Å²) in [5, 5.41) is 3.07. The molecule has 34 heavy (non-hydrogen) atoms. The third-order valence-corrected chi connectivity index (χ3v) is 5.80. The Kier molecular flexibility index (Phi) is 7.61. The van der Waals surface area contributed by atoms with Gasteiger partial charge in [-0.25, -0.2) is 4.79 Å². The molecule has 4 rings (SSSR count). The average Bonchev–Trinajstić information content (AvgIpc) is 2.87. The molecular formula is C30H30N2O2. The van der Waals surface area contributed by atoms with Crippen LogP contribution in [0.1, 0.15) is 35.2 Å². The van der Waals surface area contributed by atoms with Gasteiger partial charge in [0.1, 0.15) is 12.4 Å². The molecule has 4 nitrogen and oxygen atoms in total. The van der Waals surface area contributed by atoms with E-state index in [9.17, 15) is 4.79 Å². The van der Waals surface area contributed by atoms with Crippen molar-refractivity contribution in [3.63, 3.8) is 0 Å². The summed E-state index contributed by atoms with van der Waals surface area (Å²) >= 11 is 0. The number of amides is 2. The van der Waals surface area contributed by atoms with Gasteiger partial charge >= 0.3 is 6.03 Å². The maximum Gasteiger partial charge on any atom is 0.322 e. The molecule has 0 radical (unpaired) electrons. The number of anilines is 1. The van der Waals surface area contributed by atoms with Gasteiger partial charge in [-0.05, 0) is 60.4 Å². The Bertz CT molecular complexity index is 1190. The van der Waals surface area contributed by atoms with E-state index in [4.69, 9.17) is 4.74 Å². The van der Waals surface area contributed by atoms with Crippen LogP contribution in [0.3, 0.4) is 0 Å². The van der Waals surface area contributed by atoms with E-state index in [2.05, 4.69) is 24.4 Å². The predicted molar refractivity (Wildman–Crippen MR) is 138 cm³/mol. The van der Waals surface area contributed by atoms with Crippen molar-refractivity contribution in [3.8, 4) is 5.75 Å². The van der Waals surface area contributed by atoms with Crippen LogP contribution in [0.2, 0.25) is 0 Å². The standard InChI is InChI=1S/C30H30N2O2/c1-23-10-9-15-28(20-23)31-30(33)32(24(2)27-13-7-4-8-14-27)21-25-16-18-29(19-17-25)34-22-26-11-5-3-6-12-26/h3-20,24H,21-22H2,1-2H3,(H,31,33). The minimum atomic E-state index is -0.133. The van der Waals surface area contributed by atoms with Crippen LogP contribution >= 0.6 is 0 Å². The second-order valence-electron chi connectivity index (χ2n) is 8.43. The molecule has 0 saturated carbocycles. The lowest BCUT2D eigenvalue weighted by molar-refractivity contribution is 0.189. The van der Waals surface area contributed by atoms with E-state index < -0.39 is 0 Å². The molecule has 4 aromatic rings. The van der Waals surface area contributed by atoms with Gasteiger partial charge in [-0.3, -0.25) is 0 Å². The largest absolute Gasteiger partial charge is 0.489 e. The lowest BCUT2D eigenvalue weighted by atomic mass is 10.1. The molecule has 0 spiro atoms. The summed E-state index contributed by atoms with van der Waals surface area (Å²) < 4.78 is 5.91. The predicted octanol–water partition coefficient (Wildman–Crippen LogP) is 7.37. The maximum absolute atomic E-state index is 13.4. The summed E-state index contributed by atoms with van der Waals surface area (Å²) in [6.07, 6.45) is 0. The molecule has 0 aliphatic heterocycles. The van der Waals surface area contributed by atoms with E-state index in [-0.39, 0.29) is 12.1 Å². The van der Waals surface area contributed by atoms with E-state index in [0.717, 1.165) is 33.7 Å². The third-order valence-electron chi connectivity index (χ3n) is 5.80. The molecule has 1 atom stereocenters. The Hall–Kier alpha value is -4.05. The van der Waals surface area contributed by atoms with Crippen LogP contribution in [0.5, 0.6) is 5.75 Å². The number of carbonyl (C=O) groups is 1. The highest BCUT2D eigenvalue weighted by Crippen LogP contribution is 2.25. The number of ether oxygens (including phenoxy) is 1. The number of carbonyl (C=O) groups excluding carboxylic acids is 1. The van der Waals surface area contributed by atoms with Gasteiger partial charge in [0.05, 0.1) is 6.04 Å². The lowest BCUT2D eigenvalue weighted by Gasteiger charge is -2.30. The van der Waals surface area contributed by atoms with E-state index in [1.165, 1.54) is 0 Å². The Morgan fingerprint density at radius 2 is 1.50 bits per heavy atom. The lowest BCUT2D eigenvalue weighted by Crippen LogP contribution is -2.36. The van der Waals surface area contributed by atoms with Gasteiger partial charge < -0.3 is 15.0 Å². The zero-order chi connectivity index (χ0) is 23.8. The van der Waals surface area contributed by atoms with Crippen LogP contribution in [-0.4, -0.2) is 10.9 Å². The molecule has 0 saturated heterocycles. The first-order chi connectivity index (χ1) is 16.6. The molecule has 0 aromatic heterocycles. The number of aryl methyl sites for hydroxylation is 1. The topological polar surface area (TPSA) is 41.6 Å². The Morgan fingerprint density at radius 1 is 0.824 bits per heavy atom. The highest BCUT2D eigenvalue weighted by Gasteiger charge is 2.22. The highest BCUT2D eigenvalue weighted by atomic mass is 16.5. The minimum Gasteiger partial charge on any atom is -0.489 e. The number of nitrogens with zero attached hydrogens (tertiary/aromatic N) is 1. The molecule has 4 aromatic carbocycles. The maximum atomic E-state index is 13.4. The minimum absolute atomic E-state index is 0.0972. The highest BCUT2D eigenvalue weighted by molar-refractivity contribution is 5.89. The molecule has 0 bridgehead atoms. The quantitative estimate of drug-likeness (QED) is 0.304. The molecule has 1 N–H and O–H groups in total. The molecule has 2 amide bonds. The first-order valence-corrected chi connectivity index (χ1v) is 11.5. The van der Waals surface area contributed by atoms with Crippen LogP contribution in [0.15, 0.2) is 109 Å². The zero-order valence-corrected chi connectivity index (χ0v) is 19.6. The number of urea groups is 1. The second kappa shape index (κ2) is 11.2. The van der Waals surface area contributed by atoms with E-state index in [1.54, 1.807) is 0 Å². The summed E-state index contributed by atoms with van der Waals surface area (Å²) in [5.41, 5.74) is 5.15. The van der Waals surface area contributed by atoms with Crippen molar-refractivity contribution in [3.05, 3.63) is 131 Å². The molecule has 0 aliphatic rings. The van der Waals surface area contributed by atoms with Crippen molar-refractivity contribution in [1.29, 1.82) is 0 Å². The molecule has 172 valence electrons. The summed E-state index contributed by atoms with van der Waals surface area (Å²) in [6.45, 7) is 5.08. The fraction of sp³-hybridized carbons (Fsp3) is 0.167. The summed E-state index contributed by atoms with van der Waals surface area (Å²) in [5.74, 6) is 0.805. The number of nitrogens with one attached hydrogen (secondary N) is 1. The normalized spacial score (nSPS) is 11.5. The number of hydrogen-bond acceptors (Lipinski definition) is 2. The van der Waals surface area contributed by atoms with Gasteiger partial charge in [0.15, 0.2) is 0 Å². The third kappa shape index (κ3) is 6.26. The van der Waals surface area contributed by atoms with Crippen molar-refractivity contribution in [2.75, 3.05) is 5.32 Å². The van der Waals surface area contributed by atoms with Crippen LogP contribution in [0.25, 0.3) is 0 Å². The number of benzene rings is 4. The molecule has 1 unspecified atom stereocenters. The Labute approximate surface area is 201 Å². The zero-order valence-electron chi connectivity index (χ0n) is 19.6. The molecular weight excluding hydrogens is 420 g/mol. The first kappa shape index (κ1) is 23.1. The SMILES string of the molecule is Cc1cccc(NC(=O)N(Cc2ccc(OCc3ccccc3)cc2)C(C)c2ccccc2)c1. The molecule has 4 heteroatoms.